The minimum Gasteiger partial charge on any atom is -0.285 e. The number of aromatic nitrogens is 4. The maximum absolute atomic E-state index is 4.41. The number of hydrogen-bond acceptors (Lipinski definition) is 3. The van der Waals surface area contributed by atoms with Gasteiger partial charge in [-0.1, -0.05) is 24.3 Å². The lowest BCUT2D eigenvalue weighted by Gasteiger charge is -2.03. The Morgan fingerprint density at radius 3 is 2.39 bits per heavy atom. The SMILES string of the molecule is Cc1nccc(-c2ccc(-c3cn[nH]c3)cc2)n1. The average molecular weight is 236 g/mol. The summed E-state index contributed by atoms with van der Waals surface area (Å²) in [5, 5.41) is 6.76. The summed E-state index contributed by atoms with van der Waals surface area (Å²) in [5.41, 5.74) is 4.26. The van der Waals surface area contributed by atoms with Gasteiger partial charge in [0.25, 0.3) is 0 Å². The van der Waals surface area contributed by atoms with Gasteiger partial charge in [0.2, 0.25) is 0 Å². The van der Waals surface area contributed by atoms with Crippen LogP contribution < -0.4 is 0 Å². The number of aryl methyl sites for hydroxylation is 1. The summed E-state index contributed by atoms with van der Waals surface area (Å²) in [4.78, 5) is 8.51. The van der Waals surface area contributed by atoms with Crippen LogP contribution in [0, 0.1) is 6.92 Å². The molecule has 0 spiro atoms. The summed E-state index contributed by atoms with van der Waals surface area (Å²) in [5.74, 6) is 0.784. The highest BCUT2D eigenvalue weighted by atomic mass is 15.1. The lowest BCUT2D eigenvalue weighted by atomic mass is 10.1. The minimum absolute atomic E-state index is 0.784. The van der Waals surface area contributed by atoms with Gasteiger partial charge in [-0.05, 0) is 18.6 Å². The second-order valence-electron chi connectivity index (χ2n) is 4.05. The van der Waals surface area contributed by atoms with E-state index in [0.717, 1.165) is 28.2 Å². The second kappa shape index (κ2) is 4.41. The molecule has 0 unspecified atom stereocenters. The van der Waals surface area contributed by atoms with Gasteiger partial charge in [-0.2, -0.15) is 5.10 Å². The van der Waals surface area contributed by atoms with Gasteiger partial charge in [0.1, 0.15) is 5.82 Å². The third kappa shape index (κ3) is 2.00. The van der Waals surface area contributed by atoms with Crippen LogP contribution >= 0.6 is 0 Å². The van der Waals surface area contributed by atoms with Crippen LogP contribution in [0.4, 0.5) is 0 Å². The van der Waals surface area contributed by atoms with Crippen LogP contribution in [0.2, 0.25) is 0 Å². The van der Waals surface area contributed by atoms with Crippen LogP contribution in [-0.4, -0.2) is 20.2 Å². The summed E-state index contributed by atoms with van der Waals surface area (Å²) in [6, 6.07) is 10.2. The van der Waals surface area contributed by atoms with Gasteiger partial charge in [-0.3, -0.25) is 5.10 Å². The lowest BCUT2D eigenvalue weighted by Crippen LogP contribution is -1.89. The van der Waals surface area contributed by atoms with Crippen molar-refractivity contribution in [3.05, 3.63) is 54.7 Å². The fourth-order valence-corrected chi connectivity index (χ4v) is 1.86. The molecule has 0 amide bonds. The molecule has 3 rings (SSSR count). The predicted molar refractivity (Wildman–Crippen MR) is 69.8 cm³/mol. The first-order valence-electron chi connectivity index (χ1n) is 5.72. The van der Waals surface area contributed by atoms with Gasteiger partial charge in [-0.15, -0.1) is 0 Å². The topological polar surface area (TPSA) is 54.5 Å². The van der Waals surface area contributed by atoms with E-state index in [0.29, 0.717) is 0 Å². The standard InChI is InChI=1S/C14H12N4/c1-10-15-7-6-14(18-10)12-4-2-11(3-5-12)13-8-16-17-9-13/h2-9H,1H3,(H,16,17). The van der Waals surface area contributed by atoms with Crippen molar-refractivity contribution in [3.63, 3.8) is 0 Å². The zero-order chi connectivity index (χ0) is 12.4. The van der Waals surface area contributed by atoms with Crippen LogP contribution in [0.25, 0.3) is 22.4 Å². The molecule has 0 aliphatic carbocycles. The molecule has 4 heteroatoms. The fourth-order valence-electron chi connectivity index (χ4n) is 1.86. The molecule has 0 saturated heterocycles. The third-order valence-electron chi connectivity index (χ3n) is 2.79. The summed E-state index contributed by atoms with van der Waals surface area (Å²) in [6.45, 7) is 1.89. The largest absolute Gasteiger partial charge is 0.285 e. The maximum Gasteiger partial charge on any atom is 0.125 e. The Labute approximate surface area is 105 Å². The molecule has 0 bridgehead atoms. The molecule has 2 aromatic heterocycles. The zero-order valence-corrected chi connectivity index (χ0v) is 9.96. The van der Waals surface area contributed by atoms with Crippen molar-refractivity contribution in [2.75, 3.05) is 0 Å². The molecule has 0 radical (unpaired) electrons. The van der Waals surface area contributed by atoms with Gasteiger partial charge in [0, 0.05) is 23.5 Å². The van der Waals surface area contributed by atoms with Crippen molar-refractivity contribution in [3.8, 4) is 22.4 Å². The molecule has 18 heavy (non-hydrogen) atoms. The highest BCUT2D eigenvalue weighted by Gasteiger charge is 2.02. The van der Waals surface area contributed by atoms with Crippen molar-refractivity contribution in [1.29, 1.82) is 0 Å². The molecule has 0 saturated carbocycles. The van der Waals surface area contributed by atoms with Crippen LogP contribution in [0.3, 0.4) is 0 Å². The van der Waals surface area contributed by atoms with E-state index in [1.807, 2.05) is 25.4 Å². The quantitative estimate of drug-likeness (QED) is 0.744. The Morgan fingerprint density at radius 2 is 1.72 bits per heavy atom. The molecule has 0 aliphatic heterocycles. The number of benzene rings is 1. The summed E-state index contributed by atoms with van der Waals surface area (Å²) >= 11 is 0. The summed E-state index contributed by atoms with van der Waals surface area (Å²) < 4.78 is 0. The molecule has 0 atom stereocenters. The first kappa shape index (κ1) is 10.7. The molecule has 2 heterocycles. The van der Waals surface area contributed by atoms with E-state index in [1.165, 1.54) is 0 Å². The Hall–Kier alpha value is -2.49. The van der Waals surface area contributed by atoms with Crippen molar-refractivity contribution in [1.82, 2.24) is 20.2 Å². The van der Waals surface area contributed by atoms with E-state index in [9.17, 15) is 0 Å². The molecule has 3 aromatic rings. The fraction of sp³-hybridized carbons (Fsp3) is 0.0714. The number of aromatic amines is 1. The van der Waals surface area contributed by atoms with E-state index in [2.05, 4.69) is 44.4 Å². The predicted octanol–water partition coefficient (Wildman–Crippen LogP) is 2.84. The Balaban J connectivity index is 1.96. The van der Waals surface area contributed by atoms with E-state index in [1.54, 1.807) is 6.20 Å². The van der Waals surface area contributed by atoms with Gasteiger partial charge < -0.3 is 0 Å². The van der Waals surface area contributed by atoms with Crippen molar-refractivity contribution in [2.24, 2.45) is 0 Å². The van der Waals surface area contributed by atoms with Gasteiger partial charge in [-0.25, -0.2) is 9.97 Å². The minimum atomic E-state index is 0.784. The van der Waals surface area contributed by atoms with E-state index >= 15 is 0 Å². The van der Waals surface area contributed by atoms with Crippen LogP contribution in [0.15, 0.2) is 48.9 Å². The molecular formula is C14H12N4. The van der Waals surface area contributed by atoms with Crippen LogP contribution in [0.5, 0.6) is 0 Å². The van der Waals surface area contributed by atoms with Crippen LogP contribution in [-0.2, 0) is 0 Å². The average Bonchev–Trinajstić information content (AvgIpc) is 2.93. The van der Waals surface area contributed by atoms with E-state index < -0.39 is 0 Å². The molecule has 88 valence electrons. The highest BCUT2D eigenvalue weighted by Crippen LogP contribution is 2.22. The first-order chi connectivity index (χ1) is 8.83. The highest BCUT2D eigenvalue weighted by molar-refractivity contribution is 5.67. The second-order valence-corrected chi connectivity index (χ2v) is 4.05. The van der Waals surface area contributed by atoms with Gasteiger partial charge >= 0.3 is 0 Å². The van der Waals surface area contributed by atoms with Crippen LogP contribution in [0.1, 0.15) is 5.82 Å². The molecule has 0 aliphatic rings. The number of nitrogens with zero attached hydrogens (tertiary/aromatic N) is 3. The maximum atomic E-state index is 4.41. The molecule has 1 aromatic carbocycles. The molecule has 0 fully saturated rings. The van der Waals surface area contributed by atoms with Gasteiger partial charge in [0.15, 0.2) is 0 Å². The Bertz CT molecular complexity index is 642. The van der Waals surface area contributed by atoms with E-state index in [-0.39, 0.29) is 0 Å². The van der Waals surface area contributed by atoms with Crippen molar-refractivity contribution >= 4 is 0 Å². The normalized spacial score (nSPS) is 10.5. The molecular weight excluding hydrogens is 224 g/mol. The Morgan fingerprint density at radius 1 is 0.944 bits per heavy atom. The molecule has 4 nitrogen and oxygen atoms in total. The zero-order valence-electron chi connectivity index (χ0n) is 9.96. The summed E-state index contributed by atoms with van der Waals surface area (Å²) in [7, 11) is 0. The van der Waals surface area contributed by atoms with E-state index in [4.69, 9.17) is 0 Å². The molecule has 1 N–H and O–H groups in total. The number of nitrogens with one attached hydrogen (secondary N) is 1. The van der Waals surface area contributed by atoms with Gasteiger partial charge in [0.05, 0.1) is 11.9 Å². The first-order valence-corrected chi connectivity index (χ1v) is 5.72. The number of rotatable bonds is 2. The smallest absolute Gasteiger partial charge is 0.125 e. The third-order valence-corrected chi connectivity index (χ3v) is 2.79. The Kier molecular flexibility index (Phi) is 2.61. The number of H-pyrrole nitrogens is 1. The monoisotopic (exact) mass is 236 g/mol. The lowest BCUT2D eigenvalue weighted by molar-refractivity contribution is 1.06. The van der Waals surface area contributed by atoms with Crippen molar-refractivity contribution < 1.29 is 0 Å². The van der Waals surface area contributed by atoms with Crippen molar-refractivity contribution in [2.45, 2.75) is 6.92 Å². The number of hydrogen-bond donors (Lipinski definition) is 1. The summed E-state index contributed by atoms with van der Waals surface area (Å²) in [6.07, 6.45) is 5.47.